The van der Waals surface area contributed by atoms with Crippen molar-refractivity contribution in [1.29, 1.82) is 0 Å². The van der Waals surface area contributed by atoms with Crippen molar-refractivity contribution in [3.63, 3.8) is 0 Å². The molecule has 0 saturated carbocycles. The molecule has 0 saturated heterocycles. The molecule has 0 unspecified atom stereocenters. The Morgan fingerprint density at radius 3 is 2.62 bits per heavy atom. The van der Waals surface area contributed by atoms with E-state index in [2.05, 4.69) is 17.9 Å². The Hall–Kier alpha value is -1.83. The van der Waals surface area contributed by atoms with E-state index in [-0.39, 0.29) is 5.82 Å². The number of thiophene rings is 1. The quantitative estimate of drug-likeness (QED) is 0.608. The third-order valence-electron chi connectivity index (χ3n) is 3.72. The molecule has 2 heterocycles. The summed E-state index contributed by atoms with van der Waals surface area (Å²) >= 11 is 7.24. The van der Waals surface area contributed by atoms with Crippen LogP contribution >= 0.6 is 23.6 Å². The zero-order valence-electron chi connectivity index (χ0n) is 13.6. The highest BCUT2D eigenvalue weighted by atomic mass is 32.1. The van der Waals surface area contributed by atoms with Crippen LogP contribution in [-0.4, -0.2) is 26.3 Å². The summed E-state index contributed by atoms with van der Waals surface area (Å²) in [7, 11) is 2.00. The second-order valence-electron chi connectivity index (χ2n) is 5.61. The van der Waals surface area contributed by atoms with Crippen LogP contribution in [0.4, 0.5) is 4.39 Å². The summed E-state index contributed by atoms with van der Waals surface area (Å²) in [6, 6.07) is 10.6. The van der Waals surface area contributed by atoms with Gasteiger partial charge in [0.15, 0.2) is 10.6 Å². The number of rotatable bonds is 6. The largest absolute Gasteiger partial charge is 0.300 e. The topological polar surface area (TPSA) is 26.0 Å². The highest BCUT2D eigenvalue weighted by Gasteiger charge is 2.13. The Bertz CT molecular complexity index is 850. The molecule has 0 aliphatic carbocycles. The van der Waals surface area contributed by atoms with Gasteiger partial charge in [0, 0.05) is 13.1 Å². The van der Waals surface area contributed by atoms with Crippen molar-refractivity contribution in [3.8, 4) is 10.7 Å². The van der Waals surface area contributed by atoms with E-state index in [0.29, 0.717) is 18.0 Å². The molecule has 3 aromatic rings. The van der Waals surface area contributed by atoms with Crippen LogP contribution in [0.15, 0.2) is 41.8 Å². The third-order valence-corrected chi connectivity index (χ3v) is 5.02. The van der Waals surface area contributed by atoms with Gasteiger partial charge in [-0.1, -0.05) is 18.2 Å². The van der Waals surface area contributed by atoms with Crippen molar-refractivity contribution in [2.24, 2.45) is 0 Å². The molecule has 4 nitrogen and oxygen atoms in total. The molecule has 0 aliphatic rings. The van der Waals surface area contributed by atoms with Crippen LogP contribution in [0.2, 0.25) is 0 Å². The van der Waals surface area contributed by atoms with Gasteiger partial charge in [-0.3, -0.25) is 9.47 Å². The highest BCUT2D eigenvalue weighted by molar-refractivity contribution is 7.71. The lowest BCUT2D eigenvalue weighted by Crippen LogP contribution is -2.22. The summed E-state index contributed by atoms with van der Waals surface area (Å²) in [5.74, 6) is 0.693. The van der Waals surface area contributed by atoms with Crippen molar-refractivity contribution < 1.29 is 4.39 Å². The van der Waals surface area contributed by atoms with Crippen molar-refractivity contribution >= 4 is 23.6 Å². The van der Waals surface area contributed by atoms with Gasteiger partial charge in [0.25, 0.3) is 0 Å². The molecule has 0 spiro atoms. The minimum Gasteiger partial charge on any atom is -0.300 e. The van der Waals surface area contributed by atoms with Crippen LogP contribution in [0.3, 0.4) is 0 Å². The Balaban J connectivity index is 1.79. The summed E-state index contributed by atoms with van der Waals surface area (Å²) in [4.78, 5) is 3.22. The maximum atomic E-state index is 13.0. The van der Waals surface area contributed by atoms with Gasteiger partial charge >= 0.3 is 0 Å². The lowest BCUT2D eigenvalue weighted by Gasteiger charge is -2.16. The van der Waals surface area contributed by atoms with Gasteiger partial charge in [-0.15, -0.1) is 16.4 Å². The van der Waals surface area contributed by atoms with E-state index in [1.807, 2.05) is 27.7 Å². The maximum Gasteiger partial charge on any atom is 0.199 e. The second-order valence-corrected chi connectivity index (χ2v) is 6.92. The second kappa shape index (κ2) is 7.38. The zero-order valence-corrected chi connectivity index (χ0v) is 15.3. The summed E-state index contributed by atoms with van der Waals surface area (Å²) < 4.78 is 17.6. The first-order valence-electron chi connectivity index (χ1n) is 7.73. The first-order valence-corrected chi connectivity index (χ1v) is 9.01. The fourth-order valence-electron chi connectivity index (χ4n) is 2.59. The molecule has 3 rings (SSSR count). The molecule has 7 heteroatoms. The number of aromatic nitrogens is 3. The van der Waals surface area contributed by atoms with Crippen molar-refractivity contribution in [1.82, 2.24) is 19.2 Å². The standard InChI is InChI=1S/C17H19FN4S2/c1-3-21-16(15-5-4-10-24-15)19-22(17(21)23)12-20(2)11-13-6-8-14(18)9-7-13/h4-10H,3,11-12H2,1-2H3. The van der Waals surface area contributed by atoms with Gasteiger partial charge in [-0.25, -0.2) is 9.07 Å². The normalized spacial score (nSPS) is 11.3. The zero-order chi connectivity index (χ0) is 17.1. The molecule has 0 bridgehead atoms. The summed E-state index contributed by atoms with van der Waals surface area (Å²) in [5, 5.41) is 6.74. The van der Waals surface area contributed by atoms with Crippen molar-refractivity contribution in [3.05, 3.63) is 57.9 Å². The first kappa shape index (κ1) is 17.0. The fourth-order valence-corrected chi connectivity index (χ4v) is 3.62. The van der Waals surface area contributed by atoms with Crippen LogP contribution in [0, 0.1) is 10.6 Å². The van der Waals surface area contributed by atoms with Crippen molar-refractivity contribution in [2.45, 2.75) is 26.7 Å². The van der Waals surface area contributed by atoms with Crippen LogP contribution in [0.1, 0.15) is 12.5 Å². The average Bonchev–Trinajstić information content (AvgIpc) is 3.18. The van der Waals surface area contributed by atoms with Gasteiger partial charge < -0.3 is 0 Å². The van der Waals surface area contributed by atoms with Gasteiger partial charge in [0.05, 0.1) is 11.5 Å². The first-order chi connectivity index (χ1) is 11.6. The monoisotopic (exact) mass is 362 g/mol. The van der Waals surface area contributed by atoms with Crippen LogP contribution in [-0.2, 0) is 19.8 Å². The molecule has 0 N–H and O–H groups in total. The summed E-state index contributed by atoms with van der Waals surface area (Å²) in [6.07, 6.45) is 0. The van der Waals surface area contributed by atoms with Gasteiger partial charge in [0.2, 0.25) is 0 Å². The average molecular weight is 362 g/mol. The van der Waals surface area contributed by atoms with E-state index < -0.39 is 0 Å². The predicted molar refractivity (Wildman–Crippen MR) is 97.9 cm³/mol. The maximum absolute atomic E-state index is 13.0. The van der Waals surface area contributed by atoms with E-state index >= 15 is 0 Å². The van der Waals surface area contributed by atoms with E-state index in [4.69, 9.17) is 17.3 Å². The number of hydrogen-bond acceptors (Lipinski definition) is 4. The summed E-state index contributed by atoms with van der Waals surface area (Å²) in [5.41, 5.74) is 1.05. The minimum atomic E-state index is -0.217. The molecular weight excluding hydrogens is 343 g/mol. The van der Waals surface area contributed by atoms with Crippen molar-refractivity contribution in [2.75, 3.05) is 7.05 Å². The molecule has 0 aliphatic heterocycles. The van der Waals surface area contributed by atoms with Crippen LogP contribution in [0.25, 0.3) is 10.7 Å². The number of halogens is 1. The molecule has 0 fully saturated rings. The molecule has 0 radical (unpaired) electrons. The number of nitrogens with zero attached hydrogens (tertiary/aromatic N) is 4. The Labute approximate surface area is 149 Å². The molecular formula is C17H19FN4S2. The SMILES string of the molecule is CCn1c(-c2cccs2)nn(CN(C)Cc2ccc(F)cc2)c1=S. The third kappa shape index (κ3) is 3.63. The van der Waals surface area contributed by atoms with E-state index in [1.54, 1.807) is 23.5 Å². The lowest BCUT2D eigenvalue weighted by atomic mass is 10.2. The van der Waals surface area contributed by atoms with Gasteiger partial charge in [-0.05, 0) is 55.3 Å². The number of benzene rings is 1. The molecule has 2 aromatic heterocycles. The van der Waals surface area contributed by atoms with Gasteiger partial charge in [0.1, 0.15) is 5.82 Å². The molecule has 0 amide bonds. The predicted octanol–water partition coefficient (Wildman–Crippen LogP) is 4.39. The molecule has 0 atom stereocenters. The molecule has 24 heavy (non-hydrogen) atoms. The van der Waals surface area contributed by atoms with E-state index in [9.17, 15) is 4.39 Å². The minimum absolute atomic E-state index is 0.217. The van der Waals surface area contributed by atoms with E-state index in [0.717, 1.165) is 22.8 Å². The Morgan fingerprint density at radius 1 is 1.25 bits per heavy atom. The summed E-state index contributed by atoms with van der Waals surface area (Å²) in [6.45, 7) is 4.14. The fraction of sp³-hybridized carbons (Fsp3) is 0.294. The Morgan fingerprint density at radius 2 is 2.00 bits per heavy atom. The Kier molecular flexibility index (Phi) is 5.23. The van der Waals surface area contributed by atoms with Crippen LogP contribution in [0.5, 0.6) is 0 Å². The van der Waals surface area contributed by atoms with Gasteiger partial charge in [-0.2, -0.15) is 0 Å². The number of hydrogen-bond donors (Lipinski definition) is 0. The smallest absolute Gasteiger partial charge is 0.199 e. The molecule has 126 valence electrons. The van der Waals surface area contributed by atoms with Crippen LogP contribution < -0.4 is 0 Å². The lowest BCUT2D eigenvalue weighted by molar-refractivity contribution is 0.244. The highest BCUT2D eigenvalue weighted by Crippen LogP contribution is 2.23. The van der Waals surface area contributed by atoms with E-state index in [1.165, 1.54) is 12.1 Å². The molecule has 1 aromatic carbocycles.